The van der Waals surface area contributed by atoms with E-state index in [1.165, 1.54) is 6.07 Å². The molecule has 0 atom stereocenters. The standard InChI is InChI=1S/C9H12F2N.Sn.4H/c1-12(2,3)8-6-4-5-7(10)9(8)11;;;;;/h4-6H,1-3H3;;;;;/q+1;;;;;. The van der Waals surface area contributed by atoms with Crippen LogP contribution in [0.1, 0.15) is 0 Å². The topological polar surface area (TPSA) is 0 Å². The van der Waals surface area contributed by atoms with Crippen LogP contribution < -0.4 is 4.48 Å². The predicted molar refractivity (Wildman–Crippen MR) is 57.3 cm³/mol. The van der Waals surface area contributed by atoms with Gasteiger partial charge in [-0.3, -0.25) is 4.48 Å². The van der Waals surface area contributed by atoms with E-state index in [1.54, 1.807) is 27.2 Å². The van der Waals surface area contributed by atoms with Crippen molar-refractivity contribution in [1.82, 2.24) is 4.48 Å². The molecule has 4 heteroatoms. The van der Waals surface area contributed by atoms with Gasteiger partial charge in [-0.05, 0) is 6.07 Å². The molecule has 0 radical (unpaired) electrons. The monoisotopic (exact) mass is 296 g/mol. The second kappa shape index (κ2) is 4.37. The molecule has 0 fully saturated rings. The second-order valence-electron chi connectivity index (χ2n) is 3.59. The summed E-state index contributed by atoms with van der Waals surface area (Å²) in [7, 11) is 5.37. The van der Waals surface area contributed by atoms with E-state index in [1.807, 2.05) is 0 Å². The SMILES string of the molecule is C[N+](C)(C)c1cccc(F)c1F.[SnH4]. The molecule has 0 unspecified atom stereocenters. The van der Waals surface area contributed by atoms with E-state index in [0.717, 1.165) is 6.07 Å². The summed E-state index contributed by atoms with van der Waals surface area (Å²) in [5, 5.41) is 0. The van der Waals surface area contributed by atoms with Crippen LogP contribution >= 0.6 is 0 Å². The van der Waals surface area contributed by atoms with Crippen molar-refractivity contribution in [3.8, 4) is 0 Å². The maximum atomic E-state index is 13.1. The summed E-state index contributed by atoms with van der Waals surface area (Å²) < 4.78 is 26.1. The minimum atomic E-state index is -0.791. The van der Waals surface area contributed by atoms with E-state index in [9.17, 15) is 8.78 Å². The summed E-state index contributed by atoms with van der Waals surface area (Å²) in [6.07, 6.45) is 0. The molecule has 1 aromatic rings. The van der Waals surface area contributed by atoms with Gasteiger partial charge in [0.1, 0.15) is 0 Å². The molecule has 0 N–H and O–H groups in total. The van der Waals surface area contributed by atoms with Crippen LogP contribution in [0.4, 0.5) is 14.5 Å². The zero-order valence-corrected chi connectivity index (χ0v) is 7.44. The van der Waals surface area contributed by atoms with Gasteiger partial charge in [0.25, 0.3) is 0 Å². The van der Waals surface area contributed by atoms with Gasteiger partial charge < -0.3 is 0 Å². The van der Waals surface area contributed by atoms with Crippen molar-refractivity contribution in [1.29, 1.82) is 0 Å². The van der Waals surface area contributed by atoms with Gasteiger partial charge in [-0.25, -0.2) is 4.39 Å². The van der Waals surface area contributed by atoms with E-state index in [4.69, 9.17) is 0 Å². The molecular weight excluding hydrogens is 279 g/mol. The summed E-state index contributed by atoms with van der Waals surface area (Å²) >= 11 is 0. The average molecular weight is 295 g/mol. The van der Waals surface area contributed by atoms with Crippen molar-refractivity contribution < 1.29 is 8.78 Å². The number of hydrogen-bond acceptors (Lipinski definition) is 0. The van der Waals surface area contributed by atoms with Crippen LogP contribution in [-0.2, 0) is 0 Å². The zero-order chi connectivity index (χ0) is 9.35. The number of halogens is 2. The second-order valence-corrected chi connectivity index (χ2v) is 3.59. The summed E-state index contributed by atoms with van der Waals surface area (Å²) in [4.78, 5) is 0. The van der Waals surface area contributed by atoms with Crippen LogP contribution in [0.5, 0.6) is 0 Å². The molecule has 0 aliphatic carbocycles. The van der Waals surface area contributed by atoms with E-state index < -0.39 is 11.6 Å². The Balaban J connectivity index is 0.00000144. The Hall–Kier alpha value is -0.161. The Morgan fingerprint density at radius 2 is 1.62 bits per heavy atom. The van der Waals surface area contributed by atoms with Gasteiger partial charge in [0.05, 0.1) is 21.1 Å². The first-order valence-electron chi connectivity index (χ1n) is 3.69. The maximum absolute atomic E-state index is 13.1. The molecule has 1 aromatic carbocycles. The first-order valence-corrected chi connectivity index (χ1v) is 3.69. The van der Waals surface area contributed by atoms with Crippen molar-refractivity contribution in [3.63, 3.8) is 0 Å². The van der Waals surface area contributed by atoms with Crippen molar-refractivity contribution >= 4 is 29.6 Å². The van der Waals surface area contributed by atoms with Crippen LogP contribution in [0.25, 0.3) is 0 Å². The minimum absolute atomic E-state index is 0. The molecule has 0 aliphatic heterocycles. The van der Waals surface area contributed by atoms with Gasteiger partial charge in [0.15, 0.2) is 11.5 Å². The van der Waals surface area contributed by atoms with E-state index in [2.05, 4.69) is 0 Å². The molecule has 0 aromatic heterocycles. The van der Waals surface area contributed by atoms with Crippen molar-refractivity contribution in [3.05, 3.63) is 29.8 Å². The third kappa shape index (κ3) is 2.91. The molecule has 0 heterocycles. The number of rotatable bonds is 1. The quantitative estimate of drug-likeness (QED) is 0.529. The number of benzene rings is 1. The fourth-order valence-electron chi connectivity index (χ4n) is 1.01. The Kier molecular flexibility index (Phi) is 4.32. The van der Waals surface area contributed by atoms with Crippen molar-refractivity contribution in [2.24, 2.45) is 0 Å². The molecule has 74 valence electrons. The summed E-state index contributed by atoms with van der Waals surface area (Å²) in [6, 6.07) is 4.21. The van der Waals surface area contributed by atoms with Gasteiger partial charge in [0.2, 0.25) is 5.82 Å². The molecule has 1 nitrogen and oxygen atoms in total. The molecule has 0 amide bonds. The predicted octanol–water partition coefficient (Wildman–Crippen LogP) is 0.710. The third-order valence-corrected chi connectivity index (χ3v) is 1.65. The Bertz CT molecular complexity index is 294. The van der Waals surface area contributed by atoms with E-state index in [0.29, 0.717) is 5.69 Å². The van der Waals surface area contributed by atoms with Gasteiger partial charge in [-0.15, -0.1) is 0 Å². The van der Waals surface area contributed by atoms with Crippen molar-refractivity contribution in [2.45, 2.75) is 0 Å². The summed E-state index contributed by atoms with van der Waals surface area (Å²) in [6.45, 7) is 0. The number of quaternary nitrogens is 1. The van der Waals surface area contributed by atoms with Crippen LogP contribution in [-0.4, -0.2) is 45.1 Å². The first kappa shape index (κ1) is 12.8. The van der Waals surface area contributed by atoms with Gasteiger partial charge >= 0.3 is 23.9 Å². The van der Waals surface area contributed by atoms with Gasteiger partial charge in [0, 0.05) is 6.07 Å². The summed E-state index contributed by atoms with van der Waals surface area (Å²) in [5.74, 6) is -1.55. The summed E-state index contributed by atoms with van der Waals surface area (Å²) in [5.41, 5.74) is 0.356. The normalized spacial score (nSPS) is 10.8. The molecule has 0 aliphatic rings. The van der Waals surface area contributed by atoms with E-state index in [-0.39, 0.29) is 28.4 Å². The molecule has 0 bridgehead atoms. The first-order chi connectivity index (χ1) is 5.43. The zero-order valence-electron chi connectivity index (χ0n) is 7.44. The fraction of sp³-hybridized carbons (Fsp3) is 0.333. The third-order valence-electron chi connectivity index (χ3n) is 1.65. The molecule has 13 heavy (non-hydrogen) atoms. The fourth-order valence-corrected chi connectivity index (χ4v) is 1.01. The van der Waals surface area contributed by atoms with Crippen LogP contribution in [0.15, 0.2) is 18.2 Å². The number of hydrogen-bond donors (Lipinski definition) is 0. The van der Waals surface area contributed by atoms with Crippen LogP contribution in [0, 0.1) is 11.6 Å². The Morgan fingerprint density at radius 1 is 1.08 bits per heavy atom. The average Bonchev–Trinajstić information content (AvgIpc) is 1.92. The van der Waals surface area contributed by atoms with Gasteiger partial charge in [-0.2, -0.15) is 4.39 Å². The van der Waals surface area contributed by atoms with Crippen LogP contribution in [0.2, 0.25) is 0 Å². The molecule has 0 saturated heterocycles. The molecular formula is C9H16F2NSn+. The van der Waals surface area contributed by atoms with Crippen molar-refractivity contribution in [2.75, 3.05) is 21.1 Å². The van der Waals surface area contributed by atoms with Crippen LogP contribution in [0.3, 0.4) is 0 Å². The molecule has 0 saturated carbocycles. The van der Waals surface area contributed by atoms with E-state index >= 15 is 0 Å². The molecule has 0 spiro atoms. The number of nitrogens with zero attached hydrogens (tertiary/aromatic N) is 1. The molecule has 1 rings (SSSR count). The Labute approximate surface area is 93.9 Å². The van der Waals surface area contributed by atoms with Gasteiger partial charge in [-0.1, -0.05) is 6.07 Å². The Morgan fingerprint density at radius 3 is 2.00 bits per heavy atom.